The first-order valence-corrected chi connectivity index (χ1v) is 6.71. The minimum atomic E-state index is -0.847. The van der Waals surface area contributed by atoms with E-state index in [2.05, 4.69) is 10.2 Å². The average Bonchev–Trinajstić information content (AvgIpc) is 2.67. The van der Waals surface area contributed by atoms with Crippen molar-refractivity contribution in [3.8, 4) is 0 Å². The number of hydrogen-bond donors (Lipinski definition) is 2. The third kappa shape index (κ3) is 6.00. The summed E-state index contributed by atoms with van der Waals surface area (Å²) >= 11 is 0. The molecule has 18 heavy (non-hydrogen) atoms. The van der Waals surface area contributed by atoms with Crippen LogP contribution in [0.2, 0.25) is 0 Å². The van der Waals surface area contributed by atoms with Crippen molar-refractivity contribution in [2.24, 2.45) is 5.92 Å². The van der Waals surface area contributed by atoms with Gasteiger partial charge in [0.05, 0.1) is 0 Å². The minimum absolute atomic E-state index is 0.0459. The molecule has 0 aromatic heterocycles. The molecule has 1 aliphatic heterocycles. The Balaban J connectivity index is 2.19. The summed E-state index contributed by atoms with van der Waals surface area (Å²) in [5.41, 5.74) is 0. The van der Waals surface area contributed by atoms with Crippen LogP contribution in [0.3, 0.4) is 0 Å². The predicted octanol–water partition coefficient (Wildman–Crippen LogP) is 1.09. The second kappa shape index (κ2) is 7.36. The summed E-state index contributed by atoms with van der Waals surface area (Å²) in [6.07, 6.45) is 2.83. The Hall–Kier alpha value is -1.10. The molecule has 2 unspecified atom stereocenters. The SMILES string of the molecule is CC(CC(=O)O)CC(=O)NC(C)CN1CCCC1. The van der Waals surface area contributed by atoms with Gasteiger partial charge in [0.2, 0.25) is 5.91 Å². The second-order valence-corrected chi connectivity index (χ2v) is 5.38. The van der Waals surface area contributed by atoms with Crippen LogP contribution in [0, 0.1) is 5.92 Å². The van der Waals surface area contributed by atoms with Crippen molar-refractivity contribution in [1.82, 2.24) is 10.2 Å². The van der Waals surface area contributed by atoms with Gasteiger partial charge in [-0.15, -0.1) is 0 Å². The Morgan fingerprint density at radius 2 is 1.83 bits per heavy atom. The van der Waals surface area contributed by atoms with E-state index in [1.807, 2.05) is 6.92 Å². The van der Waals surface area contributed by atoms with Gasteiger partial charge in [-0.2, -0.15) is 0 Å². The molecule has 1 saturated heterocycles. The second-order valence-electron chi connectivity index (χ2n) is 5.38. The number of likely N-dealkylation sites (tertiary alicyclic amines) is 1. The molecular weight excluding hydrogens is 232 g/mol. The van der Waals surface area contributed by atoms with E-state index in [4.69, 9.17) is 5.11 Å². The van der Waals surface area contributed by atoms with E-state index in [1.165, 1.54) is 12.8 Å². The van der Waals surface area contributed by atoms with E-state index in [-0.39, 0.29) is 30.7 Å². The summed E-state index contributed by atoms with van der Waals surface area (Å²) in [5, 5.41) is 11.6. The Morgan fingerprint density at radius 1 is 1.22 bits per heavy atom. The zero-order valence-corrected chi connectivity index (χ0v) is 11.3. The van der Waals surface area contributed by atoms with Crippen molar-refractivity contribution in [1.29, 1.82) is 0 Å². The predicted molar refractivity (Wildman–Crippen MR) is 69.3 cm³/mol. The summed E-state index contributed by atoms with van der Waals surface area (Å²) in [6, 6.07) is 0.132. The minimum Gasteiger partial charge on any atom is -0.481 e. The number of aliphatic carboxylic acids is 1. The molecule has 1 amide bonds. The lowest BCUT2D eigenvalue weighted by Gasteiger charge is -2.21. The van der Waals surface area contributed by atoms with Crippen molar-refractivity contribution >= 4 is 11.9 Å². The highest BCUT2D eigenvalue weighted by molar-refractivity contribution is 5.77. The summed E-state index contributed by atoms with van der Waals surface area (Å²) in [5.74, 6) is -1.00. The molecule has 0 spiro atoms. The highest BCUT2D eigenvalue weighted by atomic mass is 16.4. The monoisotopic (exact) mass is 256 g/mol. The normalized spacial score (nSPS) is 19.4. The van der Waals surface area contributed by atoms with Gasteiger partial charge < -0.3 is 15.3 Å². The molecular formula is C13H24N2O3. The molecule has 2 atom stereocenters. The molecule has 1 heterocycles. The van der Waals surface area contributed by atoms with Crippen LogP contribution in [0.15, 0.2) is 0 Å². The van der Waals surface area contributed by atoms with Gasteiger partial charge in [0, 0.05) is 25.4 Å². The number of carboxylic acid groups (broad SMARTS) is 1. The van der Waals surface area contributed by atoms with E-state index in [0.717, 1.165) is 19.6 Å². The molecule has 0 aromatic rings. The number of carbonyl (C=O) groups excluding carboxylic acids is 1. The van der Waals surface area contributed by atoms with E-state index < -0.39 is 5.97 Å². The van der Waals surface area contributed by atoms with Crippen LogP contribution in [0.1, 0.15) is 39.5 Å². The zero-order chi connectivity index (χ0) is 13.5. The van der Waals surface area contributed by atoms with Crippen molar-refractivity contribution in [2.45, 2.75) is 45.6 Å². The zero-order valence-electron chi connectivity index (χ0n) is 11.3. The molecule has 0 radical (unpaired) electrons. The number of nitrogens with zero attached hydrogens (tertiary/aromatic N) is 1. The number of hydrogen-bond acceptors (Lipinski definition) is 3. The molecule has 0 aromatic carbocycles. The number of carbonyl (C=O) groups is 2. The molecule has 5 nitrogen and oxygen atoms in total. The molecule has 0 aliphatic carbocycles. The maximum absolute atomic E-state index is 11.7. The Bertz CT molecular complexity index is 288. The van der Waals surface area contributed by atoms with Crippen molar-refractivity contribution in [3.05, 3.63) is 0 Å². The topological polar surface area (TPSA) is 69.6 Å². The van der Waals surface area contributed by atoms with Gasteiger partial charge in [-0.3, -0.25) is 9.59 Å². The largest absolute Gasteiger partial charge is 0.481 e. The number of carboxylic acids is 1. The maximum atomic E-state index is 11.7. The quantitative estimate of drug-likeness (QED) is 0.715. The molecule has 1 fully saturated rings. The summed E-state index contributed by atoms with van der Waals surface area (Å²) in [7, 11) is 0. The average molecular weight is 256 g/mol. The van der Waals surface area contributed by atoms with Crippen LogP contribution < -0.4 is 5.32 Å². The van der Waals surface area contributed by atoms with Crippen LogP contribution in [0.4, 0.5) is 0 Å². The van der Waals surface area contributed by atoms with Gasteiger partial charge in [0.25, 0.3) is 0 Å². The number of rotatable bonds is 7. The van der Waals surface area contributed by atoms with Crippen molar-refractivity contribution in [2.75, 3.05) is 19.6 Å². The molecule has 5 heteroatoms. The van der Waals surface area contributed by atoms with E-state index in [0.29, 0.717) is 0 Å². The van der Waals surface area contributed by atoms with Gasteiger partial charge in [-0.05, 0) is 38.8 Å². The molecule has 1 aliphatic rings. The number of amides is 1. The van der Waals surface area contributed by atoms with Gasteiger partial charge >= 0.3 is 5.97 Å². The Labute approximate surface area is 109 Å². The van der Waals surface area contributed by atoms with Crippen LogP contribution in [0.5, 0.6) is 0 Å². The fraction of sp³-hybridized carbons (Fsp3) is 0.846. The van der Waals surface area contributed by atoms with Gasteiger partial charge in [-0.1, -0.05) is 6.92 Å². The fourth-order valence-electron chi connectivity index (χ4n) is 2.42. The van der Waals surface area contributed by atoms with Crippen LogP contribution in [-0.4, -0.2) is 47.6 Å². The lowest BCUT2D eigenvalue weighted by molar-refractivity contribution is -0.138. The van der Waals surface area contributed by atoms with Crippen molar-refractivity contribution < 1.29 is 14.7 Å². The van der Waals surface area contributed by atoms with Gasteiger partial charge in [0.15, 0.2) is 0 Å². The molecule has 2 N–H and O–H groups in total. The first kappa shape index (κ1) is 15.0. The molecule has 104 valence electrons. The lowest BCUT2D eigenvalue weighted by Crippen LogP contribution is -2.41. The first-order chi connectivity index (χ1) is 8.47. The summed E-state index contributed by atoms with van der Waals surface area (Å²) < 4.78 is 0. The maximum Gasteiger partial charge on any atom is 0.303 e. The lowest BCUT2D eigenvalue weighted by atomic mass is 10.0. The van der Waals surface area contributed by atoms with E-state index >= 15 is 0 Å². The van der Waals surface area contributed by atoms with Crippen LogP contribution in [-0.2, 0) is 9.59 Å². The fourth-order valence-corrected chi connectivity index (χ4v) is 2.42. The Kier molecular flexibility index (Phi) is 6.12. The number of nitrogens with one attached hydrogen (secondary N) is 1. The van der Waals surface area contributed by atoms with E-state index in [1.54, 1.807) is 6.92 Å². The molecule has 0 saturated carbocycles. The third-order valence-corrected chi connectivity index (χ3v) is 3.20. The standard InChI is InChI=1S/C13H24N2O3/c1-10(8-13(17)18)7-12(16)14-11(2)9-15-5-3-4-6-15/h10-11H,3-9H2,1-2H3,(H,14,16)(H,17,18). The van der Waals surface area contributed by atoms with Crippen LogP contribution >= 0.6 is 0 Å². The van der Waals surface area contributed by atoms with E-state index in [9.17, 15) is 9.59 Å². The van der Waals surface area contributed by atoms with Crippen LogP contribution in [0.25, 0.3) is 0 Å². The smallest absolute Gasteiger partial charge is 0.303 e. The molecule has 1 rings (SSSR count). The molecule has 0 bridgehead atoms. The van der Waals surface area contributed by atoms with Crippen molar-refractivity contribution in [3.63, 3.8) is 0 Å². The summed E-state index contributed by atoms with van der Waals surface area (Å²) in [6.45, 7) is 6.92. The Morgan fingerprint density at radius 3 is 2.39 bits per heavy atom. The third-order valence-electron chi connectivity index (χ3n) is 3.20. The first-order valence-electron chi connectivity index (χ1n) is 6.71. The van der Waals surface area contributed by atoms with Gasteiger partial charge in [0.1, 0.15) is 0 Å². The van der Waals surface area contributed by atoms with Gasteiger partial charge in [-0.25, -0.2) is 0 Å². The highest BCUT2D eigenvalue weighted by Gasteiger charge is 2.17. The summed E-state index contributed by atoms with van der Waals surface area (Å²) in [4.78, 5) is 24.6. The highest BCUT2D eigenvalue weighted by Crippen LogP contribution is 2.09.